The van der Waals surface area contributed by atoms with Crippen molar-refractivity contribution in [3.63, 3.8) is 0 Å². The molecule has 0 aromatic carbocycles. The molecule has 6 heteroatoms. The Balaban J connectivity index is 2.30. The van der Waals surface area contributed by atoms with Gasteiger partial charge in [0.2, 0.25) is 5.91 Å². The number of carboxylic acid groups (broad SMARTS) is 1. The molecule has 0 bridgehead atoms. The quantitative estimate of drug-likeness (QED) is 0.534. The van der Waals surface area contributed by atoms with Crippen LogP contribution >= 0.6 is 0 Å². The number of aliphatic carboxylic acids is 1. The van der Waals surface area contributed by atoms with Crippen molar-refractivity contribution in [3.8, 4) is 0 Å². The average Bonchev–Trinajstić information content (AvgIpc) is 3.04. The molecule has 18 heavy (non-hydrogen) atoms. The predicted octanol–water partition coefficient (Wildman–Crippen LogP) is -0.130. The maximum absolute atomic E-state index is 11.7. The summed E-state index contributed by atoms with van der Waals surface area (Å²) in [4.78, 5) is 44.8. The number of allylic oxidation sites excluding steroid dienone is 5. The van der Waals surface area contributed by atoms with E-state index in [4.69, 9.17) is 5.11 Å². The van der Waals surface area contributed by atoms with Gasteiger partial charge in [0.25, 0.3) is 0 Å². The molecule has 0 spiro atoms. The fourth-order valence-corrected chi connectivity index (χ4v) is 1.66. The summed E-state index contributed by atoms with van der Waals surface area (Å²) < 4.78 is 0. The Labute approximate surface area is 102 Å². The van der Waals surface area contributed by atoms with Gasteiger partial charge in [-0.2, -0.15) is 0 Å². The Morgan fingerprint density at radius 2 is 2.00 bits per heavy atom. The lowest BCUT2D eigenvalue weighted by atomic mass is 10.0. The van der Waals surface area contributed by atoms with Gasteiger partial charge in [0.15, 0.2) is 11.6 Å². The normalized spacial score (nSPS) is 18.3. The van der Waals surface area contributed by atoms with E-state index in [2.05, 4.69) is 5.32 Å². The van der Waals surface area contributed by atoms with Crippen molar-refractivity contribution in [2.24, 2.45) is 0 Å². The molecule has 0 radical (unpaired) electrons. The lowest BCUT2D eigenvalue weighted by Crippen LogP contribution is -2.25. The smallest absolute Gasteiger partial charge is 0.352 e. The van der Waals surface area contributed by atoms with E-state index in [-0.39, 0.29) is 17.1 Å². The average molecular weight is 247 g/mol. The third kappa shape index (κ3) is 2.13. The highest BCUT2D eigenvalue weighted by molar-refractivity contribution is 6.29. The second-order valence-electron chi connectivity index (χ2n) is 3.97. The van der Waals surface area contributed by atoms with E-state index in [9.17, 15) is 19.2 Å². The number of nitrogens with one attached hydrogen (secondary N) is 1. The number of hydrogen-bond donors (Lipinski definition) is 2. The monoisotopic (exact) mass is 247 g/mol. The molecule has 0 fully saturated rings. The Hall–Kier alpha value is -2.50. The van der Waals surface area contributed by atoms with Gasteiger partial charge in [-0.25, -0.2) is 4.79 Å². The topological polar surface area (TPSA) is 101 Å². The number of Topliss-reactive ketones (excluding diaryl/α,β-unsaturated/α-hetero) is 1. The van der Waals surface area contributed by atoms with E-state index in [1.54, 1.807) is 0 Å². The van der Waals surface area contributed by atoms with Gasteiger partial charge in [-0.1, -0.05) is 0 Å². The van der Waals surface area contributed by atoms with Crippen molar-refractivity contribution in [2.75, 3.05) is 0 Å². The van der Waals surface area contributed by atoms with Gasteiger partial charge in [-0.3, -0.25) is 14.4 Å². The summed E-state index contributed by atoms with van der Waals surface area (Å²) in [6.07, 6.45) is 2.47. The van der Waals surface area contributed by atoms with Crippen molar-refractivity contribution in [3.05, 3.63) is 34.6 Å². The van der Waals surface area contributed by atoms with Crippen molar-refractivity contribution in [1.82, 2.24) is 5.32 Å². The summed E-state index contributed by atoms with van der Waals surface area (Å²) >= 11 is 0. The molecule has 6 nitrogen and oxygen atoms in total. The van der Waals surface area contributed by atoms with Gasteiger partial charge in [0.05, 0.1) is 0 Å². The van der Waals surface area contributed by atoms with Gasteiger partial charge < -0.3 is 10.4 Å². The lowest BCUT2D eigenvalue weighted by Gasteiger charge is -2.05. The van der Waals surface area contributed by atoms with Crippen LogP contribution in [0.4, 0.5) is 0 Å². The maximum Gasteiger partial charge on any atom is 0.352 e. The molecule has 2 aliphatic carbocycles. The van der Waals surface area contributed by atoms with Gasteiger partial charge >= 0.3 is 5.97 Å². The van der Waals surface area contributed by atoms with Gasteiger partial charge in [-0.05, 0) is 12.2 Å². The molecule has 0 aliphatic heterocycles. The largest absolute Gasteiger partial charge is 0.477 e. The van der Waals surface area contributed by atoms with Crippen LogP contribution in [0.15, 0.2) is 34.6 Å². The number of ketones is 2. The van der Waals surface area contributed by atoms with Crippen molar-refractivity contribution >= 4 is 23.4 Å². The second kappa shape index (κ2) is 4.06. The first-order valence-corrected chi connectivity index (χ1v) is 5.15. The van der Waals surface area contributed by atoms with E-state index in [1.807, 2.05) is 0 Å². The molecule has 0 heterocycles. The standard InChI is InChI=1S/C12H9NO5/c1-5(14)13-9(12(17)18)2-6-3-10(15)7-4-8(7)11(6)16/h2-3H,4H2,1H3,(H,13,14)(H,17,18). The van der Waals surface area contributed by atoms with E-state index >= 15 is 0 Å². The molecule has 2 aliphatic rings. The highest BCUT2D eigenvalue weighted by Gasteiger charge is 2.37. The van der Waals surface area contributed by atoms with Crippen molar-refractivity contribution in [1.29, 1.82) is 0 Å². The third-order valence-electron chi connectivity index (χ3n) is 2.55. The molecular formula is C12H9NO5. The second-order valence-corrected chi connectivity index (χ2v) is 3.97. The van der Waals surface area contributed by atoms with E-state index in [0.717, 1.165) is 19.1 Å². The third-order valence-corrected chi connectivity index (χ3v) is 2.55. The minimum atomic E-state index is -1.37. The number of carboxylic acids is 1. The molecule has 1 amide bonds. The highest BCUT2D eigenvalue weighted by atomic mass is 16.4. The minimum Gasteiger partial charge on any atom is -0.477 e. The molecule has 0 saturated carbocycles. The molecule has 0 aromatic rings. The van der Waals surface area contributed by atoms with Crippen molar-refractivity contribution < 1.29 is 24.3 Å². The van der Waals surface area contributed by atoms with Crippen LogP contribution in [0.2, 0.25) is 0 Å². The van der Waals surface area contributed by atoms with Crippen LogP contribution in [-0.4, -0.2) is 28.5 Å². The Kier molecular flexibility index (Phi) is 2.70. The number of carbonyl (C=O) groups excluding carboxylic acids is 3. The zero-order valence-corrected chi connectivity index (χ0v) is 9.44. The number of hydrogen-bond acceptors (Lipinski definition) is 4. The molecule has 0 aromatic heterocycles. The van der Waals surface area contributed by atoms with Crippen LogP contribution < -0.4 is 5.32 Å². The predicted molar refractivity (Wildman–Crippen MR) is 59.3 cm³/mol. The molecule has 0 saturated heterocycles. The van der Waals surface area contributed by atoms with Gasteiger partial charge in [0.1, 0.15) is 5.70 Å². The van der Waals surface area contributed by atoms with E-state index < -0.39 is 17.6 Å². The summed E-state index contributed by atoms with van der Waals surface area (Å²) in [5.41, 5.74) is 0.483. The van der Waals surface area contributed by atoms with Crippen LogP contribution in [0, 0.1) is 0 Å². The van der Waals surface area contributed by atoms with E-state index in [0.29, 0.717) is 17.6 Å². The summed E-state index contributed by atoms with van der Waals surface area (Å²) in [5.74, 6) is -2.57. The summed E-state index contributed by atoms with van der Waals surface area (Å²) in [6.45, 7) is 1.15. The summed E-state index contributed by atoms with van der Waals surface area (Å²) in [7, 11) is 0. The van der Waals surface area contributed by atoms with E-state index in [1.165, 1.54) is 0 Å². The highest BCUT2D eigenvalue weighted by Crippen LogP contribution is 2.38. The number of rotatable bonds is 3. The van der Waals surface area contributed by atoms with Gasteiger partial charge in [0, 0.05) is 30.1 Å². The zero-order valence-electron chi connectivity index (χ0n) is 9.44. The first-order valence-electron chi connectivity index (χ1n) is 5.15. The minimum absolute atomic E-state index is 0.0117. The molecule has 2 rings (SSSR count). The maximum atomic E-state index is 11.7. The Bertz CT molecular complexity index is 592. The Morgan fingerprint density at radius 1 is 1.33 bits per heavy atom. The first-order chi connectivity index (χ1) is 8.40. The van der Waals surface area contributed by atoms with Crippen LogP contribution in [0.3, 0.4) is 0 Å². The Morgan fingerprint density at radius 3 is 2.56 bits per heavy atom. The fourth-order valence-electron chi connectivity index (χ4n) is 1.66. The SMILES string of the molecule is CC(=O)NC(=CC1=CC(=O)C2=C(C2)C1=O)C(=O)O. The molecule has 92 valence electrons. The first kappa shape index (κ1) is 12.0. The van der Waals surface area contributed by atoms with Crippen LogP contribution in [0.25, 0.3) is 0 Å². The van der Waals surface area contributed by atoms with Crippen LogP contribution in [0.5, 0.6) is 0 Å². The van der Waals surface area contributed by atoms with Gasteiger partial charge in [-0.15, -0.1) is 0 Å². The zero-order chi connectivity index (χ0) is 13.4. The van der Waals surface area contributed by atoms with Crippen LogP contribution in [-0.2, 0) is 19.2 Å². The van der Waals surface area contributed by atoms with Crippen LogP contribution in [0.1, 0.15) is 13.3 Å². The summed E-state index contributed by atoms with van der Waals surface area (Å²) in [6, 6.07) is 0. The number of carbonyl (C=O) groups is 4. The molecule has 2 N–H and O–H groups in total. The molecule has 0 unspecified atom stereocenters. The van der Waals surface area contributed by atoms with Crippen molar-refractivity contribution in [2.45, 2.75) is 13.3 Å². The molecular weight excluding hydrogens is 238 g/mol. The number of amides is 1. The molecule has 0 atom stereocenters. The lowest BCUT2D eigenvalue weighted by molar-refractivity contribution is -0.134. The summed E-state index contributed by atoms with van der Waals surface area (Å²) in [5, 5.41) is 11.0. The fraction of sp³-hybridized carbons (Fsp3) is 0.167.